The second-order valence-electron chi connectivity index (χ2n) is 3.40. The average Bonchev–Trinajstić information content (AvgIpc) is 2.34. The van der Waals surface area contributed by atoms with Crippen molar-refractivity contribution in [3.63, 3.8) is 0 Å². The van der Waals surface area contributed by atoms with Crippen molar-refractivity contribution in [2.24, 2.45) is 0 Å². The van der Waals surface area contributed by atoms with Crippen molar-refractivity contribution in [3.05, 3.63) is 48.0 Å². The molecule has 0 fully saturated rings. The van der Waals surface area contributed by atoms with Crippen LogP contribution in [-0.4, -0.2) is 19.6 Å². The van der Waals surface area contributed by atoms with Crippen molar-refractivity contribution in [1.82, 2.24) is 5.32 Å². The molecule has 0 heterocycles. The SMILES string of the molecule is C=CCCNCc1ccccc1C(=O)OC. The van der Waals surface area contributed by atoms with Crippen LogP contribution in [0.5, 0.6) is 0 Å². The van der Waals surface area contributed by atoms with Gasteiger partial charge in [0.15, 0.2) is 0 Å². The number of nitrogens with one attached hydrogen (secondary N) is 1. The average molecular weight is 219 g/mol. The number of carbonyl (C=O) groups excluding carboxylic acids is 1. The van der Waals surface area contributed by atoms with Crippen molar-refractivity contribution in [2.75, 3.05) is 13.7 Å². The van der Waals surface area contributed by atoms with Gasteiger partial charge in [-0.2, -0.15) is 0 Å². The second kappa shape index (κ2) is 6.80. The maximum atomic E-state index is 11.5. The Morgan fingerprint density at radius 2 is 2.25 bits per heavy atom. The van der Waals surface area contributed by atoms with Gasteiger partial charge in [-0.15, -0.1) is 6.58 Å². The molecule has 0 bridgehead atoms. The van der Waals surface area contributed by atoms with Gasteiger partial charge in [-0.25, -0.2) is 4.79 Å². The molecule has 0 atom stereocenters. The van der Waals surface area contributed by atoms with Gasteiger partial charge in [0, 0.05) is 6.54 Å². The third kappa shape index (κ3) is 3.51. The molecule has 1 aromatic rings. The lowest BCUT2D eigenvalue weighted by atomic mass is 10.1. The molecule has 0 aliphatic carbocycles. The van der Waals surface area contributed by atoms with Crippen molar-refractivity contribution >= 4 is 5.97 Å². The minimum atomic E-state index is -0.291. The van der Waals surface area contributed by atoms with Gasteiger partial charge < -0.3 is 10.1 Å². The van der Waals surface area contributed by atoms with E-state index in [4.69, 9.17) is 4.74 Å². The van der Waals surface area contributed by atoms with E-state index < -0.39 is 0 Å². The van der Waals surface area contributed by atoms with Crippen LogP contribution in [0.15, 0.2) is 36.9 Å². The Balaban J connectivity index is 2.64. The lowest BCUT2D eigenvalue weighted by Gasteiger charge is -2.08. The predicted molar refractivity (Wildman–Crippen MR) is 64.3 cm³/mol. The molecule has 0 saturated carbocycles. The fraction of sp³-hybridized carbons (Fsp3) is 0.308. The molecule has 0 aliphatic heterocycles. The van der Waals surface area contributed by atoms with Gasteiger partial charge in [0.25, 0.3) is 0 Å². The number of carbonyl (C=O) groups is 1. The third-order valence-corrected chi connectivity index (χ3v) is 2.26. The first kappa shape index (κ1) is 12.5. The van der Waals surface area contributed by atoms with Crippen molar-refractivity contribution in [3.8, 4) is 0 Å². The monoisotopic (exact) mass is 219 g/mol. The first-order valence-corrected chi connectivity index (χ1v) is 5.27. The number of hydrogen-bond acceptors (Lipinski definition) is 3. The van der Waals surface area contributed by atoms with E-state index in [1.54, 1.807) is 6.07 Å². The Kier molecular flexibility index (Phi) is 5.29. The molecule has 1 N–H and O–H groups in total. The Bertz CT molecular complexity index is 361. The van der Waals surface area contributed by atoms with Gasteiger partial charge >= 0.3 is 5.97 Å². The van der Waals surface area contributed by atoms with Gasteiger partial charge in [-0.3, -0.25) is 0 Å². The summed E-state index contributed by atoms with van der Waals surface area (Å²) in [6.07, 6.45) is 2.78. The van der Waals surface area contributed by atoms with E-state index in [9.17, 15) is 4.79 Å². The lowest BCUT2D eigenvalue weighted by Crippen LogP contribution is -2.17. The Morgan fingerprint density at radius 3 is 2.94 bits per heavy atom. The van der Waals surface area contributed by atoms with Crippen LogP contribution in [-0.2, 0) is 11.3 Å². The van der Waals surface area contributed by atoms with Crippen LogP contribution in [0, 0.1) is 0 Å². The highest BCUT2D eigenvalue weighted by Gasteiger charge is 2.09. The van der Waals surface area contributed by atoms with E-state index in [1.807, 2.05) is 24.3 Å². The summed E-state index contributed by atoms with van der Waals surface area (Å²) in [5.74, 6) is -0.291. The molecule has 0 aliphatic rings. The zero-order valence-electron chi connectivity index (χ0n) is 9.53. The lowest BCUT2D eigenvalue weighted by molar-refractivity contribution is 0.0599. The summed E-state index contributed by atoms with van der Waals surface area (Å²) in [7, 11) is 1.39. The molecule has 0 radical (unpaired) electrons. The van der Waals surface area contributed by atoms with Crippen LogP contribution >= 0.6 is 0 Å². The van der Waals surface area contributed by atoms with E-state index in [0.29, 0.717) is 12.1 Å². The molecule has 0 aromatic heterocycles. The summed E-state index contributed by atoms with van der Waals surface area (Å²) in [6, 6.07) is 7.44. The van der Waals surface area contributed by atoms with Crippen LogP contribution in [0.3, 0.4) is 0 Å². The summed E-state index contributed by atoms with van der Waals surface area (Å²) >= 11 is 0. The van der Waals surface area contributed by atoms with Gasteiger partial charge in [0.2, 0.25) is 0 Å². The van der Waals surface area contributed by atoms with Gasteiger partial charge in [0.1, 0.15) is 0 Å². The van der Waals surface area contributed by atoms with Crippen LogP contribution < -0.4 is 5.32 Å². The van der Waals surface area contributed by atoms with Crippen LogP contribution in [0.25, 0.3) is 0 Å². The van der Waals surface area contributed by atoms with Gasteiger partial charge in [-0.05, 0) is 24.6 Å². The van der Waals surface area contributed by atoms with Gasteiger partial charge in [0.05, 0.1) is 12.7 Å². The van der Waals surface area contributed by atoms with E-state index in [1.165, 1.54) is 7.11 Å². The predicted octanol–water partition coefficient (Wildman–Crippen LogP) is 2.14. The molecule has 0 saturated heterocycles. The number of benzene rings is 1. The Hall–Kier alpha value is -1.61. The van der Waals surface area contributed by atoms with Gasteiger partial charge in [-0.1, -0.05) is 24.3 Å². The summed E-state index contributed by atoms with van der Waals surface area (Å²) in [5.41, 5.74) is 1.58. The number of esters is 1. The van der Waals surface area contributed by atoms with Crippen LogP contribution in [0.2, 0.25) is 0 Å². The van der Waals surface area contributed by atoms with Crippen molar-refractivity contribution in [2.45, 2.75) is 13.0 Å². The number of methoxy groups -OCH3 is 1. The molecule has 86 valence electrons. The zero-order valence-corrected chi connectivity index (χ0v) is 9.53. The zero-order chi connectivity index (χ0) is 11.8. The molecular weight excluding hydrogens is 202 g/mol. The summed E-state index contributed by atoms with van der Waals surface area (Å²) < 4.78 is 4.72. The van der Waals surface area contributed by atoms with Crippen molar-refractivity contribution < 1.29 is 9.53 Å². The molecule has 0 spiro atoms. The topological polar surface area (TPSA) is 38.3 Å². The summed E-state index contributed by atoms with van der Waals surface area (Å²) in [4.78, 5) is 11.5. The number of ether oxygens (including phenoxy) is 1. The maximum absolute atomic E-state index is 11.5. The molecule has 16 heavy (non-hydrogen) atoms. The summed E-state index contributed by atoms with van der Waals surface area (Å²) in [6.45, 7) is 5.18. The van der Waals surface area contributed by atoms with E-state index in [0.717, 1.165) is 18.5 Å². The summed E-state index contributed by atoms with van der Waals surface area (Å²) in [5, 5.41) is 3.24. The second-order valence-corrected chi connectivity index (χ2v) is 3.40. The van der Waals surface area contributed by atoms with Crippen LogP contribution in [0.4, 0.5) is 0 Å². The number of rotatable bonds is 6. The number of hydrogen-bond donors (Lipinski definition) is 1. The molecular formula is C13H17NO2. The Morgan fingerprint density at radius 1 is 1.50 bits per heavy atom. The normalized spacial score (nSPS) is 9.81. The minimum absolute atomic E-state index is 0.291. The molecule has 0 amide bonds. The van der Waals surface area contributed by atoms with E-state index in [2.05, 4.69) is 11.9 Å². The highest BCUT2D eigenvalue weighted by molar-refractivity contribution is 5.90. The van der Waals surface area contributed by atoms with E-state index in [-0.39, 0.29) is 5.97 Å². The third-order valence-electron chi connectivity index (χ3n) is 2.26. The largest absolute Gasteiger partial charge is 0.465 e. The fourth-order valence-electron chi connectivity index (χ4n) is 1.41. The highest BCUT2D eigenvalue weighted by Crippen LogP contribution is 2.09. The first-order chi connectivity index (χ1) is 7.79. The molecule has 1 rings (SSSR count). The molecule has 1 aromatic carbocycles. The molecule has 3 heteroatoms. The quantitative estimate of drug-likeness (QED) is 0.452. The maximum Gasteiger partial charge on any atom is 0.338 e. The molecule has 0 unspecified atom stereocenters. The van der Waals surface area contributed by atoms with E-state index >= 15 is 0 Å². The van der Waals surface area contributed by atoms with Crippen molar-refractivity contribution in [1.29, 1.82) is 0 Å². The van der Waals surface area contributed by atoms with Crippen LogP contribution in [0.1, 0.15) is 22.3 Å². The first-order valence-electron chi connectivity index (χ1n) is 5.27. The standard InChI is InChI=1S/C13H17NO2/c1-3-4-9-14-10-11-7-5-6-8-12(11)13(15)16-2/h3,5-8,14H,1,4,9-10H2,2H3. The smallest absolute Gasteiger partial charge is 0.338 e. The fourth-order valence-corrected chi connectivity index (χ4v) is 1.41. The molecule has 3 nitrogen and oxygen atoms in total. The minimum Gasteiger partial charge on any atom is -0.465 e. The highest BCUT2D eigenvalue weighted by atomic mass is 16.5. The Labute approximate surface area is 96.1 Å².